The zero-order valence-electron chi connectivity index (χ0n) is 7.17. The number of fused-ring (bicyclic) bond motifs is 1. The second-order valence-corrected chi connectivity index (χ2v) is 2.68. The van der Waals surface area contributed by atoms with Gasteiger partial charge in [-0.05, 0) is 6.07 Å². The molecule has 72 valence electrons. The highest BCUT2D eigenvalue weighted by molar-refractivity contribution is 5.62. The molecule has 0 saturated heterocycles. The molecule has 5 heteroatoms. The van der Waals surface area contributed by atoms with Gasteiger partial charge in [0.15, 0.2) is 11.5 Å². The van der Waals surface area contributed by atoms with Gasteiger partial charge in [0, 0.05) is 11.6 Å². The van der Waals surface area contributed by atoms with Crippen molar-refractivity contribution in [3.8, 4) is 11.5 Å². The molecule has 1 heterocycles. The van der Waals surface area contributed by atoms with Gasteiger partial charge in [0.25, 0.3) is 0 Å². The van der Waals surface area contributed by atoms with Crippen molar-refractivity contribution < 1.29 is 14.4 Å². The van der Waals surface area contributed by atoms with Crippen LogP contribution in [0.15, 0.2) is 24.4 Å². The first-order valence-electron chi connectivity index (χ1n) is 3.97. The van der Waals surface area contributed by atoms with E-state index in [0.29, 0.717) is 17.1 Å². The summed E-state index contributed by atoms with van der Waals surface area (Å²) in [5.74, 6) is 1.18. The third-order valence-electron chi connectivity index (χ3n) is 1.80. The molecule has 0 aliphatic carbocycles. The van der Waals surface area contributed by atoms with Crippen molar-refractivity contribution in [1.29, 1.82) is 0 Å². The highest BCUT2D eigenvalue weighted by Crippen LogP contribution is 2.35. The quantitative estimate of drug-likeness (QED) is 0.529. The summed E-state index contributed by atoms with van der Waals surface area (Å²) in [4.78, 5) is 9.60. The second-order valence-electron chi connectivity index (χ2n) is 2.68. The molecule has 0 bridgehead atoms. The van der Waals surface area contributed by atoms with Crippen LogP contribution in [0.25, 0.3) is 6.08 Å². The van der Waals surface area contributed by atoms with Crippen LogP contribution in [-0.4, -0.2) is 11.7 Å². The van der Waals surface area contributed by atoms with Crippen LogP contribution in [0, 0.1) is 10.1 Å². The number of para-hydroxylation sites is 1. The summed E-state index contributed by atoms with van der Waals surface area (Å²) in [5, 5.41) is 10.1. The summed E-state index contributed by atoms with van der Waals surface area (Å²) < 4.78 is 10.3. The minimum Gasteiger partial charge on any atom is -0.454 e. The van der Waals surface area contributed by atoms with Crippen LogP contribution < -0.4 is 9.47 Å². The SMILES string of the molecule is O=[N+]([O-])C=Cc1cccc2c1OCO2. The van der Waals surface area contributed by atoms with E-state index in [-0.39, 0.29) is 6.79 Å². The van der Waals surface area contributed by atoms with Crippen LogP contribution in [0.2, 0.25) is 0 Å². The van der Waals surface area contributed by atoms with Gasteiger partial charge in [-0.3, -0.25) is 10.1 Å². The predicted molar refractivity (Wildman–Crippen MR) is 48.6 cm³/mol. The lowest BCUT2D eigenvalue weighted by Crippen LogP contribution is -1.93. The lowest BCUT2D eigenvalue weighted by Gasteiger charge is -1.98. The average Bonchev–Trinajstić information content (AvgIpc) is 2.62. The van der Waals surface area contributed by atoms with Gasteiger partial charge in [-0.2, -0.15) is 0 Å². The fraction of sp³-hybridized carbons (Fsp3) is 0.111. The summed E-state index contributed by atoms with van der Waals surface area (Å²) in [6.07, 6.45) is 2.25. The number of ether oxygens (including phenoxy) is 2. The van der Waals surface area contributed by atoms with Crippen molar-refractivity contribution in [1.82, 2.24) is 0 Å². The third kappa shape index (κ3) is 1.52. The monoisotopic (exact) mass is 193 g/mol. The molecule has 0 fully saturated rings. The Morgan fingerprint density at radius 1 is 1.43 bits per heavy atom. The van der Waals surface area contributed by atoms with Gasteiger partial charge in [0.1, 0.15) is 0 Å². The first kappa shape index (κ1) is 8.55. The topological polar surface area (TPSA) is 61.6 Å². The molecule has 0 radical (unpaired) electrons. The first-order valence-corrected chi connectivity index (χ1v) is 3.97. The molecule has 1 aromatic rings. The molecular formula is C9H7NO4. The second kappa shape index (κ2) is 3.37. The summed E-state index contributed by atoms with van der Waals surface area (Å²) in [7, 11) is 0. The van der Waals surface area contributed by atoms with Crippen molar-refractivity contribution in [3.05, 3.63) is 40.1 Å². The largest absolute Gasteiger partial charge is 0.454 e. The predicted octanol–water partition coefficient (Wildman–Crippen LogP) is 1.66. The zero-order valence-corrected chi connectivity index (χ0v) is 7.17. The summed E-state index contributed by atoms with van der Waals surface area (Å²) >= 11 is 0. The number of benzene rings is 1. The van der Waals surface area contributed by atoms with Crippen molar-refractivity contribution in [3.63, 3.8) is 0 Å². The van der Waals surface area contributed by atoms with E-state index in [1.807, 2.05) is 0 Å². The maximum Gasteiger partial charge on any atom is 0.235 e. The number of nitrogens with zero attached hydrogens (tertiary/aromatic N) is 1. The summed E-state index contributed by atoms with van der Waals surface area (Å²) in [6.45, 7) is 0.165. The van der Waals surface area contributed by atoms with Gasteiger partial charge in [0.05, 0.1) is 4.92 Å². The van der Waals surface area contributed by atoms with Gasteiger partial charge in [0.2, 0.25) is 13.0 Å². The maximum atomic E-state index is 10.1. The number of hydrogen-bond acceptors (Lipinski definition) is 4. The van der Waals surface area contributed by atoms with Crippen LogP contribution in [0.3, 0.4) is 0 Å². The van der Waals surface area contributed by atoms with Crippen molar-refractivity contribution in [2.45, 2.75) is 0 Å². The lowest BCUT2D eigenvalue weighted by molar-refractivity contribution is -0.400. The standard InChI is InChI=1S/C9H7NO4/c11-10(12)5-4-7-2-1-3-8-9(7)14-6-13-8/h1-5H,6H2. The van der Waals surface area contributed by atoms with E-state index in [1.54, 1.807) is 18.2 Å². The highest BCUT2D eigenvalue weighted by atomic mass is 16.7. The van der Waals surface area contributed by atoms with E-state index in [2.05, 4.69) is 0 Å². The molecule has 0 N–H and O–H groups in total. The smallest absolute Gasteiger partial charge is 0.235 e. The molecule has 0 unspecified atom stereocenters. The van der Waals surface area contributed by atoms with E-state index in [1.165, 1.54) is 6.08 Å². The van der Waals surface area contributed by atoms with Crippen LogP contribution in [0.4, 0.5) is 0 Å². The Kier molecular flexibility index (Phi) is 2.06. The highest BCUT2D eigenvalue weighted by Gasteiger charge is 2.15. The molecule has 0 spiro atoms. The van der Waals surface area contributed by atoms with E-state index >= 15 is 0 Å². The Hall–Kier alpha value is -2.04. The first-order chi connectivity index (χ1) is 6.77. The number of nitro groups is 1. The lowest BCUT2D eigenvalue weighted by atomic mass is 10.2. The van der Waals surface area contributed by atoms with Crippen LogP contribution >= 0.6 is 0 Å². The fourth-order valence-electron chi connectivity index (χ4n) is 1.23. The molecule has 14 heavy (non-hydrogen) atoms. The molecule has 1 aliphatic rings. The molecule has 0 amide bonds. The number of hydrogen-bond donors (Lipinski definition) is 0. The Morgan fingerprint density at radius 3 is 3.07 bits per heavy atom. The van der Waals surface area contributed by atoms with Gasteiger partial charge >= 0.3 is 0 Å². The molecule has 1 aromatic carbocycles. The van der Waals surface area contributed by atoms with Crippen molar-refractivity contribution >= 4 is 6.08 Å². The van der Waals surface area contributed by atoms with Crippen molar-refractivity contribution in [2.75, 3.05) is 6.79 Å². The van der Waals surface area contributed by atoms with Gasteiger partial charge in [-0.25, -0.2) is 0 Å². The normalized spacial score (nSPS) is 13.4. The molecule has 2 rings (SSSR count). The average molecular weight is 193 g/mol. The number of rotatable bonds is 2. The van der Waals surface area contributed by atoms with E-state index in [0.717, 1.165) is 6.20 Å². The minimum absolute atomic E-state index is 0.165. The summed E-state index contributed by atoms with van der Waals surface area (Å²) in [6, 6.07) is 5.24. The Bertz CT molecular complexity index is 400. The Morgan fingerprint density at radius 2 is 2.29 bits per heavy atom. The van der Waals surface area contributed by atoms with E-state index in [9.17, 15) is 10.1 Å². The fourth-order valence-corrected chi connectivity index (χ4v) is 1.23. The summed E-state index contributed by atoms with van der Waals surface area (Å²) in [5.41, 5.74) is 0.650. The third-order valence-corrected chi connectivity index (χ3v) is 1.80. The molecule has 1 aliphatic heterocycles. The Balaban J connectivity index is 2.35. The molecule has 0 atom stereocenters. The molecule has 0 aromatic heterocycles. The Labute approximate surface area is 79.7 Å². The molecule has 5 nitrogen and oxygen atoms in total. The molecule has 0 saturated carbocycles. The van der Waals surface area contributed by atoms with E-state index < -0.39 is 4.92 Å². The minimum atomic E-state index is -0.519. The van der Waals surface area contributed by atoms with Gasteiger partial charge in [-0.15, -0.1) is 0 Å². The van der Waals surface area contributed by atoms with Crippen LogP contribution in [-0.2, 0) is 0 Å². The van der Waals surface area contributed by atoms with Crippen LogP contribution in [0.5, 0.6) is 11.5 Å². The van der Waals surface area contributed by atoms with Crippen molar-refractivity contribution in [2.24, 2.45) is 0 Å². The van der Waals surface area contributed by atoms with Gasteiger partial charge in [-0.1, -0.05) is 12.1 Å². The van der Waals surface area contributed by atoms with Gasteiger partial charge < -0.3 is 9.47 Å². The molecular weight excluding hydrogens is 186 g/mol. The van der Waals surface area contributed by atoms with Crippen LogP contribution in [0.1, 0.15) is 5.56 Å². The zero-order chi connectivity index (χ0) is 9.97. The maximum absolute atomic E-state index is 10.1. The van der Waals surface area contributed by atoms with E-state index in [4.69, 9.17) is 9.47 Å².